The van der Waals surface area contributed by atoms with Gasteiger partial charge in [-0.25, -0.2) is 5.10 Å². The number of aromatic nitrogens is 4. The van der Waals surface area contributed by atoms with Gasteiger partial charge in [-0.3, -0.25) is 14.5 Å². The second-order valence-electron chi connectivity index (χ2n) is 8.93. The number of nitrogens with one attached hydrogen (secondary N) is 1. The van der Waals surface area contributed by atoms with Crippen molar-refractivity contribution in [3.8, 4) is 11.4 Å². The summed E-state index contributed by atoms with van der Waals surface area (Å²) < 4.78 is 5.37. The zero-order valence-corrected chi connectivity index (χ0v) is 19.7. The third kappa shape index (κ3) is 5.30. The second kappa shape index (κ2) is 10.2. The molecule has 4 aromatic rings. The number of rotatable bonds is 6. The van der Waals surface area contributed by atoms with Crippen LogP contribution in [0.3, 0.4) is 0 Å². The summed E-state index contributed by atoms with van der Waals surface area (Å²) in [6.45, 7) is 5.64. The number of H-pyrrole nitrogens is 1. The lowest BCUT2D eigenvalue weighted by atomic mass is 10.1. The van der Waals surface area contributed by atoms with Gasteiger partial charge in [0.15, 0.2) is 0 Å². The predicted molar refractivity (Wildman–Crippen MR) is 132 cm³/mol. The highest BCUT2D eigenvalue weighted by molar-refractivity contribution is 5.83. The van der Waals surface area contributed by atoms with Gasteiger partial charge >= 0.3 is 0 Å². The Balaban J connectivity index is 1.16. The van der Waals surface area contributed by atoms with E-state index >= 15 is 0 Å². The highest BCUT2D eigenvalue weighted by Crippen LogP contribution is 2.18. The molecule has 0 radical (unpaired) electrons. The summed E-state index contributed by atoms with van der Waals surface area (Å²) in [5, 5.41) is 12.5. The standard InChI is InChI=1S/C26H28N6O3/c1-18-7-9-19(10-8-18)25-27-23(35-30-25)11-12-24(33)32-14-4-13-31(15-16-32)17-22-20-5-2-3-6-21(20)26(34)29-28-22/h2-3,5-10H,4,11-17H2,1H3,(H,29,34). The topological polar surface area (TPSA) is 108 Å². The molecule has 0 unspecified atom stereocenters. The lowest BCUT2D eigenvalue weighted by molar-refractivity contribution is -0.131. The molecule has 1 aliphatic heterocycles. The number of benzene rings is 2. The molecule has 1 aliphatic rings. The molecule has 0 bridgehead atoms. The summed E-state index contributed by atoms with van der Waals surface area (Å²) in [6, 6.07) is 15.5. The summed E-state index contributed by atoms with van der Waals surface area (Å²) in [4.78, 5) is 33.6. The van der Waals surface area contributed by atoms with E-state index in [1.807, 2.05) is 60.4 Å². The summed E-state index contributed by atoms with van der Waals surface area (Å²) in [6.07, 6.45) is 1.64. The Morgan fingerprint density at radius 2 is 1.83 bits per heavy atom. The number of carbonyl (C=O) groups is 1. The molecule has 35 heavy (non-hydrogen) atoms. The van der Waals surface area contributed by atoms with E-state index in [0.717, 1.165) is 36.2 Å². The van der Waals surface area contributed by atoms with Crippen molar-refractivity contribution in [1.29, 1.82) is 0 Å². The lowest BCUT2D eigenvalue weighted by Crippen LogP contribution is -2.35. The molecule has 0 saturated carbocycles. The van der Waals surface area contributed by atoms with Crippen molar-refractivity contribution >= 4 is 16.7 Å². The van der Waals surface area contributed by atoms with Crippen LogP contribution in [0, 0.1) is 6.92 Å². The lowest BCUT2D eigenvalue weighted by Gasteiger charge is -2.22. The summed E-state index contributed by atoms with van der Waals surface area (Å²) in [7, 11) is 0. The van der Waals surface area contributed by atoms with Crippen LogP contribution in [0.1, 0.15) is 30.0 Å². The maximum atomic E-state index is 12.9. The fourth-order valence-corrected chi connectivity index (χ4v) is 4.43. The van der Waals surface area contributed by atoms with Crippen LogP contribution >= 0.6 is 0 Å². The van der Waals surface area contributed by atoms with Crippen LogP contribution in [0.4, 0.5) is 0 Å². The number of nitrogens with zero attached hydrogens (tertiary/aromatic N) is 5. The Labute approximate surface area is 202 Å². The van der Waals surface area contributed by atoms with E-state index in [0.29, 0.717) is 49.6 Å². The van der Waals surface area contributed by atoms with Crippen LogP contribution in [0.15, 0.2) is 57.8 Å². The van der Waals surface area contributed by atoms with Crippen LogP contribution in [0.25, 0.3) is 22.2 Å². The van der Waals surface area contributed by atoms with Crippen molar-refractivity contribution in [1.82, 2.24) is 30.1 Å². The number of carbonyl (C=O) groups excluding carboxylic acids is 1. The van der Waals surface area contributed by atoms with Crippen molar-refractivity contribution in [2.24, 2.45) is 0 Å². The molecule has 9 heteroatoms. The number of amides is 1. The van der Waals surface area contributed by atoms with Gasteiger partial charge in [0.25, 0.3) is 5.56 Å². The quantitative estimate of drug-likeness (QED) is 0.460. The van der Waals surface area contributed by atoms with Crippen molar-refractivity contribution in [2.45, 2.75) is 32.7 Å². The largest absolute Gasteiger partial charge is 0.341 e. The van der Waals surface area contributed by atoms with Crippen LogP contribution in [0.2, 0.25) is 0 Å². The molecule has 0 aliphatic carbocycles. The van der Waals surface area contributed by atoms with Gasteiger partial charge in [-0.05, 0) is 19.4 Å². The van der Waals surface area contributed by atoms with Gasteiger partial charge in [-0.2, -0.15) is 10.1 Å². The Morgan fingerprint density at radius 3 is 2.66 bits per heavy atom. The molecule has 5 rings (SSSR count). The van der Waals surface area contributed by atoms with Crippen molar-refractivity contribution < 1.29 is 9.32 Å². The maximum Gasteiger partial charge on any atom is 0.272 e. The van der Waals surface area contributed by atoms with Gasteiger partial charge in [-0.15, -0.1) is 0 Å². The average Bonchev–Trinajstić information content (AvgIpc) is 3.23. The molecule has 3 heterocycles. The Morgan fingerprint density at radius 1 is 1.03 bits per heavy atom. The van der Waals surface area contributed by atoms with Crippen LogP contribution in [0.5, 0.6) is 0 Å². The number of aromatic amines is 1. The number of aryl methyl sites for hydroxylation is 2. The molecule has 0 atom stereocenters. The van der Waals surface area contributed by atoms with Gasteiger partial charge in [-0.1, -0.05) is 53.2 Å². The minimum atomic E-state index is -0.177. The van der Waals surface area contributed by atoms with Crippen LogP contribution in [-0.2, 0) is 17.8 Å². The monoisotopic (exact) mass is 472 g/mol. The second-order valence-corrected chi connectivity index (χ2v) is 8.93. The molecule has 1 amide bonds. The van der Waals surface area contributed by atoms with Gasteiger partial charge in [0.05, 0.1) is 11.1 Å². The number of fused-ring (bicyclic) bond motifs is 1. The molecular weight excluding hydrogens is 444 g/mol. The number of hydrogen-bond acceptors (Lipinski definition) is 7. The first kappa shape index (κ1) is 22.9. The first-order chi connectivity index (χ1) is 17.1. The first-order valence-corrected chi connectivity index (χ1v) is 11.9. The molecule has 2 aromatic heterocycles. The molecule has 180 valence electrons. The fourth-order valence-electron chi connectivity index (χ4n) is 4.43. The Hall–Kier alpha value is -3.85. The van der Waals surface area contributed by atoms with Gasteiger partial charge in [0.1, 0.15) is 0 Å². The highest BCUT2D eigenvalue weighted by Gasteiger charge is 2.21. The molecule has 1 saturated heterocycles. The molecule has 1 fully saturated rings. The van der Waals surface area contributed by atoms with Gasteiger partial charge in [0, 0.05) is 56.5 Å². The van der Waals surface area contributed by atoms with E-state index in [-0.39, 0.29) is 11.5 Å². The summed E-state index contributed by atoms with van der Waals surface area (Å²) in [5.41, 5.74) is 2.74. The van der Waals surface area contributed by atoms with Gasteiger partial charge < -0.3 is 9.42 Å². The third-order valence-corrected chi connectivity index (χ3v) is 6.42. The molecule has 9 nitrogen and oxygen atoms in total. The van der Waals surface area contributed by atoms with Gasteiger partial charge in [0.2, 0.25) is 17.6 Å². The molecule has 2 aromatic carbocycles. The summed E-state index contributed by atoms with van der Waals surface area (Å²) >= 11 is 0. The van der Waals surface area contributed by atoms with E-state index in [4.69, 9.17) is 4.52 Å². The van der Waals surface area contributed by atoms with E-state index in [1.165, 1.54) is 5.56 Å². The van der Waals surface area contributed by atoms with E-state index in [1.54, 1.807) is 0 Å². The number of hydrogen-bond donors (Lipinski definition) is 1. The zero-order chi connectivity index (χ0) is 24.2. The predicted octanol–water partition coefficient (Wildman–Crippen LogP) is 2.95. The highest BCUT2D eigenvalue weighted by atomic mass is 16.5. The minimum Gasteiger partial charge on any atom is -0.341 e. The van der Waals surface area contributed by atoms with Crippen molar-refractivity contribution in [2.75, 3.05) is 26.2 Å². The third-order valence-electron chi connectivity index (χ3n) is 6.42. The van der Waals surface area contributed by atoms with Crippen LogP contribution in [-0.4, -0.2) is 62.2 Å². The van der Waals surface area contributed by atoms with E-state index in [9.17, 15) is 9.59 Å². The summed E-state index contributed by atoms with van der Waals surface area (Å²) in [5.74, 6) is 1.11. The minimum absolute atomic E-state index is 0.0922. The SMILES string of the molecule is Cc1ccc(-c2noc(CCC(=O)N3CCCN(Cc4n[nH]c(=O)c5ccccc45)CC3)n2)cc1. The molecular formula is C26H28N6O3. The van der Waals surface area contributed by atoms with E-state index in [2.05, 4.69) is 25.2 Å². The molecule has 0 spiro atoms. The van der Waals surface area contributed by atoms with Crippen LogP contribution < -0.4 is 5.56 Å². The average molecular weight is 473 g/mol. The normalized spacial score (nSPS) is 14.8. The maximum absolute atomic E-state index is 12.9. The first-order valence-electron chi connectivity index (χ1n) is 11.9. The Bertz CT molecular complexity index is 1380. The van der Waals surface area contributed by atoms with E-state index < -0.39 is 0 Å². The fraction of sp³-hybridized carbons (Fsp3) is 0.346. The zero-order valence-electron chi connectivity index (χ0n) is 19.7. The molecule has 1 N–H and O–H groups in total. The smallest absolute Gasteiger partial charge is 0.272 e. The Kier molecular flexibility index (Phi) is 6.67. The van der Waals surface area contributed by atoms with Crippen molar-refractivity contribution in [3.05, 3.63) is 76.0 Å². The van der Waals surface area contributed by atoms with Crippen molar-refractivity contribution in [3.63, 3.8) is 0 Å².